The summed E-state index contributed by atoms with van der Waals surface area (Å²) in [5.41, 5.74) is 5.68. The fraction of sp³-hybridized carbons (Fsp3) is 0.200. The van der Waals surface area contributed by atoms with Gasteiger partial charge in [0.15, 0.2) is 0 Å². The minimum Gasteiger partial charge on any atom is -0.463 e. The summed E-state index contributed by atoms with van der Waals surface area (Å²) >= 11 is 1.57. The van der Waals surface area contributed by atoms with Crippen LogP contribution in [-0.4, -0.2) is 17.4 Å². The Labute approximate surface area is 151 Å². The Bertz CT molecular complexity index is 975. The van der Waals surface area contributed by atoms with E-state index < -0.39 is 0 Å². The van der Waals surface area contributed by atoms with Crippen LogP contribution in [0.25, 0.3) is 11.3 Å². The van der Waals surface area contributed by atoms with Crippen LogP contribution >= 0.6 is 11.3 Å². The van der Waals surface area contributed by atoms with Crippen molar-refractivity contribution in [3.05, 3.63) is 75.8 Å². The number of hydrogen-bond donors (Lipinski definition) is 0. The first-order valence-corrected chi connectivity index (χ1v) is 8.93. The minimum absolute atomic E-state index is 0.586. The van der Waals surface area contributed by atoms with E-state index in [4.69, 9.17) is 4.42 Å². The summed E-state index contributed by atoms with van der Waals surface area (Å²) in [7, 11) is 0. The molecule has 0 radical (unpaired) electrons. The van der Waals surface area contributed by atoms with Gasteiger partial charge in [-0.15, -0.1) is 11.3 Å². The summed E-state index contributed by atoms with van der Waals surface area (Å²) in [4.78, 5) is 5.46. The van der Waals surface area contributed by atoms with Gasteiger partial charge in [-0.25, -0.2) is 4.68 Å². The molecule has 0 amide bonds. The molecule has 0 saturated heterocycles. The summed E-state index contributed by atoms with van der Waals surface area (Å²) in [5.74, 6) is 0.704. The van der Waals surface area contributed by atoms with Crippen molar-refractivity contribution in [3.63, 3.8) is 0 Å². The number of nitrogens with zero attached hydrogens (tertiary/aromatic N) is 3. The molecule has 3 aromatic rings. The molecular formula is C20H21N3OS. The molecule has 0 spiro atoms. The highest BCUT2D eigenvalue weighted by Crippen LogP contribution is 2.23. The van der Waals surface area contributed by atoms with Crippen molar-refractivity contribution in [2.75, 3.05) is 6.54 Å². The lowest BCUT2D eigenvalue weighted by atomic mass is 10.1. The van der Waals surface area contributed by atoms with Crippen LogP contribution in [0.2, 0.25) is 0 Å². The molecule has 0 aliphatic carbocycles. The van der Waals surface area contributed by atoms with Gasteiger partial charge in [-0.1, -0.05) is 24.3 Å². The van der Waals surface area contributed by atoms with Gasteiger partial charge in [-0.05, 0) is 50.1 Å². The van der Waals surface area contributed by atoms with Crippen LogP contribution in [0.5, 0.6) is 0 Å². The van der Waals surface area contributed by atoms with E-state index in [0.717, 1.165) is 21.6 Å². The second-order valence-electron chi connectivity index (χ2n) is 6.05. The molecule has 0 aliphatic rings. The third kappa shape index (κ3) is 4.06. The van der Waals surface area contributed by atoms with E-state index in [1.807, 2.05) is 23.7 Å². The molecule has 128 valence electrons. The fourth-order valence-corrected chi connectivity index (χ4v) is 3.14. The van der Waals surface area contributed by atoms with Crippen LogP contribution < -0.4 is 4.80 Å². The van der Waals surface area contributed by atoms with E-state index in [9.17, 15) is 0 Å². The zero-order chi connectivity index (χ0) is 17.8. The molecule has 0 fully saturated rings. The number of rotatable bonds is 5. The smallest absolute Gasteiger partial charge is 0.206 e. The summed E-state index contributed by atoms with van der Waals surface area (Å²) in [6, 6.07) is 10.1. The first-order chi connectivity index (χ1) is 12.0. The number of thiazole rings is 1. The van der Waals surface area contributed by atoms with E-state index in [2.05, 4.69) is 54.1 Å². The number of furan rings is 1. The van der Waals surface area contributed by atoms with Gasteiger partial charge in [0.1, 0.15) is 5.76 Å². The maximum absolute atomic E-state index is 5.35. The SMILES string of the molecule is C=C(C)CN=c1scc(-c2ccc(C)c(C)c2)n1N=Cc1ccco1. The first kappa shape index (κ1) is 17.2. The van der Waals surface area contributed by atoms with Crippen LogP contribution in [0.4, 0.5) is 0 Å². The molecule has 0 atom stereocenters. The number of hydrogen-bond acceptors (Lipinski definition) is 4. The Hall–Kier alpha value is -2.66. The topological polar surface area (TPSA) is 42.8 Å². The Morgan fingerprint density at radius 3 is 2.80 bits per heavy atom. The van der Waals surface area contributed by atoms with Gasteiger partial charge in [0.25, 0.3) is 0 Å². The standard InChI is InChI=1S/C20H21N3OS/c1-14(2)11-21-20-23(22-12-18-6-5-9-24-18)19(13-25-20)17-8-7-15(3)16(4)10-17/h5-10,12-13H,1,11H2,2-4H3. The van der Waals surface area contributed by atoms with Crippen LogP contribution in [0, 0.1) is 13.8 Å². The predicted octanol–water partition coefficient (Wildman–Crippen LogP) is 4.79. The third-order valence-corrected chi connectivity index (χ3v) is 4.67. The number of aromatic nitrogens is 1. The molecular weight excluding hydrogens is 330 g/mol. The molecule has 3 rings (SSSR count). The Morgan fingerprint density at radius 1 is 1.28 bits per heavy atom. The highest BCUT2D eigenvalue weighted by molar-refractivity contribution is 7.07. The van der Waals surface area contributed by atoms with Crippen LogP contribution in [-0.2, 0) is 0 Å². The van der Waals surface area contributed by atoms with Crippen molar-refractivity contribution < 1.29 is 4.42 Å². The monoisotopic (exact) mass is 351 g/mol. The van der Waals surface area contributed by atoms with Gasteiger partial charge in [0.2, 0.25) is 4.80 Å². The molecule has 5 heteroatoms. The highest BCUT2D eigenvalue weighted by Gasteiger charge is 2.08. The van der Waals surface area contributed by atoms with Crippen molar-refractivity contribution >= 4 is 17.6 Å². The molecule has 2 heterocycles. The van der Waals surface area contributed by atoms with Crippen LogP contribution in [0.15, 0.2) is 68.6 Å². The molecule has 4 nitrogen and oxygen atoms in total. The summed E-state index contributed by atoms with van der Waals surface area (Å²) in [6.45, 7) is 10.7. The Balaban J connectivity index is 2.09. The van der Waals surface area contributed by atoms with E-state index in [-0.39, 0.29) is 0 Å². The zero-order valence-corrected chi connectivity index (χ0v) is 15.5. The summed E-state index contributed by atoms with van der Waals surface area (Å²) in [5, 5.41) is 6.68. The molecule has 0 bridgehead atoms. The van der Waals surface area contributed by atoms with Gasteiger partial charge < -0.3 is 4.42 Å². The molecule has 25 heavy (non-hydrogen) atoms. The lowest BCUT2D eigenvalue weighted by molar-refractivity contribution is 0.559. The lowest BCUT2D eigenvalue weighted by Crippen LogP contribution is -2.13. The van der Waals surface area contributed by atoms with Gasteiger partial charge in [-0.2, -0.15) is 5.10 Å². The van der Waals surface area contributed by atoms with Crippen LogP contribution in [0.1, 0.15) is 23.8 Å². The average Bonchev–Trinajstić information content (AvgIpc) is 3.22. The predicted molar refractivity (Wildman–Crippen MR) is 104 cm³/mol. The maximum atomic E-state index is 5.35. The van der Waals surface area contributed by atoms with Crippen molar-refractivity contribution in [2.45, 2.75) is 20.8 Å². The Morgan fingerprint density at radius 2 is 2.12 bits per heavy atom. The van der Waals surface area contributed by atoms with Crippen molar-refractivity contribution in [1.82, 2.24) is 4.68 Å². The molecule has 0 aliphatic heterocycles. The van der Waals surface area contributed by atoms with Gasteiger partial charge in [0.05, 0.1) is 24.7 Å². The van der Waals surface area contributed by atoms with E-state index in [1.165, 1.54) is 11.1 Å². The maximum Gasteiger partial charge on any atom is 0.206 e. The van der Waals surface area contributed by atoms with E-state index in [0.29, 0.717) is 12.3 Å². The largest absolute Gasteiger partial charge is 0.463 e. The lowest BCUT2D eigenvalue weighted by Gasteiger charge is -2.06. The normalized spacial score (nSPS) is 12.2. The molecule has 0 N–H and O–H groups in total. The van der Waals surface area contributed by atoms with Gasteiger partial charge >= 0.3 is 0 Å². The first-order valence-electron chi connectivity index (χ1n) is 8.05. The van der Waals surface area contributed by atoms with E-state index in [1.54, 1.807) is 23.8 Å². The zero-order valence-electron chi connectivity index (χ0n) is 14.7. The third-order valence-electron chi connectivity index (χ3n) is 3.82. The second-order valence-corrected chi connectivity index (χ2v) is 6.88. The average molecular weight is 351 g/mol. The molecule has 2 aromatic heterocycles. The fourth-order valence-electron chi connectivity index (χ4n) is 2.30. The van der Waals surface area contributed by atoms with Crippen molar-refractivity contribution in [2.24, 2.45) is 10.1 Å². The van der Waals surface area contributed by atoms with Gasteiger partial charge in [0, 0.05) is 10.9 Å². The Kier molecular flexibility index (Phi) is 5.14. The van der Waals surface area contributed by atoms with Crippen LogP contribution in [0.3, 0.4) is 0 Å². The molecule has 0 saturated carbocycles. The molecule has 0 unspecified atom stereocenters. The number of benzene rings is 1. The van der Waals surface area contributed by atoms with Crippen molar-refractivity contribution in [3.8, 4) is 11.3 Å². The quantitative estimate of drug-likeness (QED) is 0.481. The number of aryl methyl sites for hydroxylation is 2. The molecule has 1 aromatic carbocycles. The minimum atomic E-state index is 0.586. The van der Waals surface area contributed by atoms with E-state index >= 15 is 0 Å². The van der Waals surface area contributed by atoms with Gasteiger partial charge in [-0.3, -0.25) is 4.99 Å². The second kappa shape index (κ2) is 7.49. The highest BCUT2D eigenvalue weighted by atomic mass is 32.1. The summed E-state index contributed by atoms with van der Waals surface area (Å²) in [6.07, 6.45) is 3.34. The summed E-state index contributed by atoms with van der Waals surface area (Å²) < 4.78 is 7.21. The van der Waals surface area contributed by atoms with Crippen molar-refractivity contribution in [1.29, 1.82) is 0 Å².